The average molecular weight is 351 g/mol. The summed E-state index contributed by atoms with van der Waals surface area (Å²) in [5.74, 6) is -0.00636. The standard InChI is InChI=1S/C18H20Cl2N2O/c1-12(16-10-9-14(19)11-17(16)20)21-13(2)18(23)22(3)15-7-5-4-6-8-15/h4-13,21H,1-3H3/t12-,13+/m1/s1. The van der Waals surface area contributed by atoms with Gasteiger partial charge >= 0.3 is 0 Å². The maximum Gasteiger partial charge on any atom is 0.243 e. The number of benzene rings is 2. The van der Waals surface area contributed by atoms with E-state index in [1.54, 1.807) is 24.1 Å². The van der Waals surface area contributed by atoms with Gasteiger partial charge < -0.3 is 4.90 Å². The quantitative estimate of drug-likeness (QED) is 0.847. The predicted molar refractivity (Wildman–Crippen MR) is 97.3 cm³/mol. The molecule has 23 heavy (non-hydrogen) atoms. The van der Waals surface area contributed by atoms with E-state index in [4.69, 9.17) is 23.2 Å². The third-order valence-corrected chi connectivity index (χ3v) is 4.34. The van der Waals surface area contributed by atoms with Crippen LogP contribution in [0.15, 0.2) is 48.5 Å². The van der Waals surface area contributed by atoms with Crippen molar-refractivity contribution in [3.8, 4) is 0 Å². The lowest BCUT2D eigenvalue weighted by atomic mass is 10.1. The van der Waals surface area contributed by atoms with Gasteiger partial charge in [0.25, 0.3) is 0 Å². The van der Waals surface area contributed by atoms with Gasteiger partial charge in [-0.25, -0.2) is 0 Å². The summed E-state index contributed by atoms with van der Waals surface area (Å²) in [7, 11) is 1.77. The van der Waals surface area contributed by atoms with E-state index in [0.29, 0.717) is 10.0 Å². The Labute approximate surface area is 147 Å². The fourth-order valence-corrected chi connectivity index (χ4v) is 3.03. The number of nitrogens with one attached hydrogen (secondary N) is 1. The number of rotatable bonds is 5. The Morgan fingerprint density at radius 2 is 1.74 bits per heavy atom. The summed E-state index contributed by atoms with van der Waals surface area (Å²) in [6.07, 6.45) is 0. The number of likely N-dealkylation sites (N-methyl/N-ethyl adjacent to an activating group) is 1. The second kappa shape index (κ2) is 7.82. The number of carbonyl (C=O) groups is 1. The fourth-order valence-electron chi connectivity index (χ4n) is 2.46. The number of hydrogen-bond acceptors (Lipinski definition) is 2. The third kappa shape index (κ3) is 4.47. The number of carbonyl (C=O) groups excluding carboxylic acids is 1. The van der Waals surface area contributed by atoms with Crippen LogP contribution in [0, 0.1) is 0 Å². The molecule has 2 rings (SSSR count). The zero-order valence-corrected chi connectivity index (χ0v) is 14.9. The minimum absolute atomic E-state index is 0.00636. The molecule has 0 unspecified atom stereocenters. The van der Waals surface area contributed by atoms with Crippen LogP contribution in [0.3, 0.4) is 0 Å². The molecule has 0 bridgehead atoms. The number of nitrogens with zero attached hydrogens (tertiary/aromatic N) is 1. The Morgan fingerprint density at radius 1 is 1.09 bits per heavy atom. The van der Waals surface area contributed by atoms with E-state index >= 15 is 0 Å². The van der Waals surface area contributed by atoms with Crippen molar-refractivity contribution < 1.29 is 4.79 Å². The van der Waals surface area contributed by atoms with Crippen molar-refractivity contribution >= 4 is 34.8 Å². The highest BCUT2D eigenvalue weighted by molar-refractivity contribution is 6.35. The third-order valence-electron chi connectivity index (χ3n) is 3.77. The smallest absolute Gasteiger partial charge is 0.243 e. The topological polar surface area (TPSA) is 32.3 Å². The van der Waals surface area contributed by atoms with Crippen LogP contribution in [-0.4, -0.2) is 19.0 Å². The van der Waals surface area contributed by atoms with Crippen molar-refractivity contribution in [3.05, 3.63) is 64.1 Å². The average Bonchev–Trinajstić information content (AvgIpc) is 2.54. The first kappa shape index (κ1) is 17.8. The number of amides is 1. The zero-order chi connectivity index (χ0) is 17.0. The van der Waals surface area contributed by atoms with Crippen LogP contribution in [0.1, 0.15) is 25.5 Å². The Morgan fingerprint density at radius 3 is 2.35 bits per heavy atom. The molecule has 122 valence electrons. The van der Waals surface area contributed by atoms with Gasteiger partial charge in [0.15, 0.2) is 0 Å². The van der Waals surface area contributed by atoms with E-state index in [0.717, 1.165) is 11.3 Å². The van der Waals surface area contributed by atoms with Crippen LogP contribution < -0.4 is 10.2 Å². The van der Waals surface area contributed by atoms with Crippen LogP contribution in [-0.2, 0) is 4.79 Å². The molecular weight excluding hydrogens is 331 g/mol. The van der Waals surface area contributed by atoms with Gasteiger partial charge in [-0.1, -0.05) is 47.5 Å². The lowest BCUT2D eigenvalue weighted by molar-refractivity contribution is -0.120. The monoisotopic (exact) mass is 350 g/mol. The van der Waals surface area contributed by atoms with Gasteiger partial charge in [0.1, 0.15) is 0 Å². The summed E-state index contributed by atoms with van der Waals surface area (Å²) < 4.78 is 0. The molecular formula is C18H20Cl2N2O. The first-order valence-electron chi connectivity index (χ1n) is 7.43. The zero-order valence-electron chi connectivity index (χ0n) is 13.4. The lowest BCUT2D eigenvalue weighted by Gasteiger charge is -2.25. The van der Waals surface area contributed by atoms with Gasteiger partial charge in [-0.05, 0) is 43.7 Å². The van der Waals surface area contributed by atoms with Crippen LogP contribution in [0.5, 0.6) is 0 Å². The molecule has 1 amide bonds. The van der Waals surface area contributed by atoms with Crippen molar-refractivity contribution in [1.29, 1.82) is 0 Å². The summed E-state index contributed by atoms with van der Waals surface area (Å²) in [5, 5.41) is 4.48. The maximum atomic E-state index is 12.6. The van der Waals surface area contributed by atoms with E-state index in [9.17, 15) is 4.79 Å². The van der Waals surface area contributed by atoms with E-state index in [2.05, 4.69) is 5.32 Å². The molecule has 1 N–H and O–H groups in total. The second-order valence-corrected chi connectivity index (χ2v) is 6.35. The Balaban J connectivity index is 2.05. The number of anilines is 1. The van der Waals surface area contributed by atoms with Gasteiger partial charge in [-0.3, -0.25) is 10.1 Å². The van der Waals surface area contributed by atoms with Gasteiger partial charge in [0.2, 0.25) is 5.91 Å². The fraction of sp³-hybridized carbons (Fsp3) is 0.278. The van der Waals surface area contributed by atoms with Crippen molar-refractivity contribution in [2.45, 2.75) is 25.9 Å². The molecule has 0 saturated heterocycles. The molecule has 0 heterocycles. The summed E-state index contributed by atoms with van der Waals surface area (Å²) in [5.41, 5.74) is 1.78. The van der Waals surface area contributed by atoms with Crippen LogP contribution in [0.4, 0.5) is 5.69 Å². The highest BCUT2D eigenvalue weighted by atomic mass is 35.5. The van der Waals surface area contributed by atoms with Crippen molar-refractivity contribution in [1.82, 2.24) is 5.32 Å². The number of halogens is 2. The van der Waals surface area contributed by atoms with Crippen molar-refractivity contribution in [2.75, 3.05) is 11.9 Å². The predicted octanol–water partition coefficient (Wildman–Crippen LogP) is 4.70. The van der Waals surface area contributed by atoms with Crippen LogP contribution >= 0.6 is 23.2 Å². The molecule has 0 radical (unpaired) electrons. The molecule has 2 atom stereocenters. The Kier molecular flexibility index (Phi) is 6.05. The van der Waals surface area contributed by atoms with E-state index in [1.807, 2.05) is 50.2 Å². The van der Waals surface area contributed by atoms with Gasteiger partial charge in [-0.15, -0.1) is 0 Å². The molecule has 5 heteroatoms. The lowest BCUT2D eigenvalue weighted by Crippen LogP contribution is -2.44. The van der Waals surface area contributed by atoms with Gasteiger partial charge in [0, 0.05) is 28.8 Å². The highest BCUT2D eigenvalue weighted by Crippen LogP contribution is 2.26. The van der Waals surface area contributed by atoms with Gasteiger partial charge in [-0.2, -0.15) is 0 Å². The van der Waals surface area contributed by atoms with E-state index in [-0.39, 0.29) is 18.0 Å². The number of hydrogen-bond donors (Lipinski definition) is 1. The summed E-state index contributed by atoms with van der Waals surface area (Å²) in [4.78, 5) is 14.2. The minimum atomic E-state index is -0.345. The summed E-state index contributed by atoms with van der Waals surface area (Å²) in [6, 6.07) is 14.5. The molecule has 2 aromatic rings. The maximum absolute atomic E-state index is 12.6. The molecule has 0 fully saturated rings. The molecule has 0 aliphatic rings. The normalized spacial score (nSPS) is 13.4. The number of para-hydroxylation sites is 1. The molecule has 2 aromatic carbocycles. The SMILES string of the molecule is C[C@H](N[C@H](C)c1ccc(Cl)cc1Cl)C(=O)N(C)c1ccccc1. The van der Waals surface area contributed by atoms with Gasteiger partial charge in [0.05, 0.1) is 6.04 Å². The first-order chi connectivity index (χ1) is 10.9. The Hall–Kier alpha value is -1.55. The van der Waals surface area contributed by atoms with Crippen LogP contribution in [0.2, 0.25) is 10.0 Å². The summed E-state index contributed by atoms with van der Waals surface area (Å²) >= 11 is 12.1. The molecule has 0 aromatic heterocycles. The van der Waals surface area contributed by atoms with E-state index in [1.165, 1.54) is 0 Å². The molecule has 0 aliphatic carbocycles. The van der Waals surface area contributed by atoms with Crippen molar-refractivity contribution in [2.24, 2.45) is 0 Å². The second-order valence-electron chi connectivity index (χ2n) is 5.51. The summed E-state index contributed by atoms with van der Waals surface area (Å²) in [6.45, 7) is 3.82. The molecule has 0 saturated carbocycles. The Bertz CT molecular complexity index is 676. The minimum Gasteiger partial charge on any atom is -0.314 e. The van der Waals surface area contributed by atoms with E-state index < -0.39 is 0 Å². The largest absolute Gasteiger partial charge is 0.314 e. The molecule has 0 spiro atoms. The molecule has 0 aliphatic heterocycles. The highest BCUT2D eigenvalue weighted by Gasteiger charge is 2.21. The van der Waals surface area contributed by atoms with Crippen molar-refractivity contribution in [3.63, 3.8) is 0 Å². The molecule has 3 nitrogen and oxygen atoms in total. The first-order valence-corrected chi connectivity index (χ1v) is 8.19. The van der Waals surface area contributed by atoms with Crippen LogP contribution in [0.25, 0.3) is 0 Å².